The molecule has 0 aromatic heterocycles. The van der Waals surface area contributed by atoms with Crippen molar-refractivity contribution in [2.75, 3.05) is 29.9 Å². The lowest BCUT2D eigenvalue weighted by molar-refractivity contribution is -0.0257. The van der Waals surface area contributed by atoms with Crippen LogP contribution in [0.25, 0.3) is 0 Å². The van der Waals surface area contributed by atoms with E-state index in [1.54, 1.807) is 20.8 Å². The number of benzene rings is 1. The number of morpholine rings is 1. The van der Waals surface area contributed by atoms with Gasteiger partial charge in [-0.3, -0.25) is 0 Å². The smallest absolute Gasteiger partial charge is 0.216 e. The first-order valence-electron chi connectivity index (χ1n) is 10.8. The third kappa shape index (κ3) is 6.86. The van der Waals surface area contributed by atoms with Crippen molar-refractivity contribution in [3.8, 4) is 0 Å². The van der Waals surface area contributed by atoms with Crippen LogP contribution in [0.3, 0.4) is 0 Å². The highest BCUT2D eigenvalue weighted by Crippen LogP contribution is 2.26. The summed E-state index contributed by atoms with van der Waals surface area (Å²) in [4.78, 5) is 2.42. The fraction of sp³-hybridized carbons (Fsp3) is 0.727. The number of ether oxygens (including phenoxy) is 1. The number of nitrogens with one attached hydrogen (secondary N) is 2. The molecule has 29 heavy (non-hydrogen) atoms. The predicted molar refractivity (Wildman–Crippen MR) is 122 cm³/mol. The van der Waals surface area contributed by atoms with Crippen molar-refractivity contribution in [3.63, 3.8) is 0 Å². The summed E-state index contributed by atoms with van der Waals surface area (Å²) in [6, 6.07) is 8.96. The van der Waals surface area contributed by atoms with Gasteiger partial charge < -0.3 is 15.0 Å². The summed E-state index contributed by atoms with van der Waals surface area (Å²) in [7, 11) is -3.24. The van der Waals surface area contributed by atoms with Crippen LogP contribution in [0.4, 0.5) is 11.4 Å². The van der Waals surface area contributed by atoms with Gasteiger partial charge in [-0.15, -0.1) is 0 Å². The monoisotopic (exact) mass is 425 g/mol. The number of sulfonamides is 1. The summed E-state index contributed by atoms with van der Waals surface area (Å²) in [6.45, 7) is 13.9. The Bertz CT molecular complexity index is 729. The molecule has 1 heterocycles. The van der Waals surface area contributed by atoms with Gasteiger partial charge in [0.25, 0.3) is 0 Å². The maximum atomic E-state index is 12.0. The fourth-order valence-corrected chi connectivity index (χ4v) is 4.26. The van der Waals surface area contributed by atoms with Gasteiger partial charge in [0.2, 0.25) is 10.0 Å². The zero-order valence-corrected chi connectivity index (χ0v) is 19.7. The first kappa shape index (κ1) is 24.0. The molecule has 166 valence electrons. The molecular formula is C22H39N3O3S. The molecule has 1 fully saturated rings. The molecule has 0 radical (unpaired) electrons. The van der Waals surface area contributed by atoms with Gasteiger partial charge in [0, 0.05) is 31.0 Å². The van der Waals surface area contributed by atoms with Crippen molar-refractivity contribution in [2.24, 2.45) is 0 Å². The molecule has 0 bridgehead atoms. The number of hydrogen-bond acceptors (Lipinski definition) is 5. The quantitative estimate of drug-likeness (QED) is 0.586. The topological polar surface area (TPSA) is 70.7 Å². The molecule has 3 atom stereocenters. The van der Waals surface area contributed by atoms with Crippen molar-refractivity contribution >= 4 is 21.4 Å². The minimum absolute atomic E-state index is 0.226. The molecule has 2 rings (SSSR count). The highest BCUT2D eigenvalue weighted by molar-refractivity contribution is 7.90. The van der Waals surface area contributed by atoms with Gasteiger partial charge in [-0.25, -0.2) is 13.1 Å². The number of rotatable bonds is 9. The molecule has 0 amide bonds. The average Bonchev–Trinajstić information content (AvgIpc) is 2.63. The van der Waals surface area contributed by atoms with Gasteiger partial charge in [0.05, 0.1) is 23.0 Å². The van der Waals surface area contributed by atoms with Crippen molar-refractivity contribution in [3.05, 3.63) is 24.3 Å². The van der Waals surface area contributed by atoms with Crippen LogP contribution in [0.5, 0.6) is 0 Å². The second kappa shape index (κ2) is 10.1. The first-order valence-corrected chi connectivity index (χ1v) is 12.2. The molecule has 7 heteroatoms. The second-order valence-corrected chi connectivity index (χ2v) is 11.6. The van der Waals surface area contributed by atoms with Crippen LogP contribution >= 0.6 is 0 Å². The maximum Gasteiger partial charge on any atom is 0.216 e. The van der Waals surface area contributed by atoms with E-state index in [9.17, 15) is 8.42 Å². The predicted octanol–water partition coefficient (Wildman–Crippen LogP) is 3.99. The summed E-state index contributed by atoms with van der Waals surface area (Å²) in [6.07, 6.45) is 3.31. The zero-order chi connectivity index (χ0) is 21.7. The lowest BCUT2D eigenvalue weighted by atomic mass is 10.1. The maximum absolute atomic E-state index is 12.0. The summed E-state index contributed by atoms with van der Waals surface area (Å²) < 4.78 is 31.8. The molecule has 1 aliphatic rings. The van der Waals surface area contributed by atoms with Gasteiger partial charge in [-0.2, -0.15) is 0 Å². The Hall–Kier alpha value is -1.31. The molecule has 1 aromatic rings. The highest BCUT2D eigenvalue weighted by atomic mass is 32.2. The average molecular weight is 426 g/mol. The van der Waals surface area contributed by atoms with Crippen LogP contribution in [0.15, 0.2) is 24.3 Å². The Morgan fingerprint density at radius 1 is 1.03 bits per heavy atom. The summed E-state index contributed by atoms with van der Waals surface area (Å²) >= 11 is 0. The molecule has 6 nitrogen and oxygen atoms in total. The van der Waals surface area contributed by atoms with Gasteiger partial charge in [-0.1, -0.05) is 6.42 Å². The molecule has 1 unspecified atom stereocenters. The lowest BCUT2D eigenvalue weighted by Gasteiger charge is -2.42. The second-order valence-electron chi connectivity index (χ2n) is 9.09. The van der Waals surface area contributed by atoms with Gasteiger partial charge >= 0.3 is 0 Å². The molecule has 1 aromatic carbocycles. The van der Waals surface area contributed by atoms with Crippen LogP contribution in [-0.2, 0) is 14.8 Å². The minimum Gasteiger partial charge on any atom is -0.385 e. The summed E-state index contributed by atoms with van der Waals surface area (Å²) in [5.41, 5.74) is 2.35. The molecule has 1 saturated heterocycles. The first-order chi connectivity index (χ1) is 13.5. The minimum atomic E-state index is -3.24. The third-order valence-corrected chi connectivity index (χ3v) is 7.75. The number of nitrogens with zero attached hydrogens (tertiary/aromatic N) is 1. The van der Waals surface area contributed by atoms with Crippen LogP contribution in [0.1, 0.15) is 60.8 Å². The standard InChI is InChI=1S/C22H39N3O3S/c1-17-16-25(18(2)19(3)28-17)21-12-10-20(11-13-21)23-14-8-7-9-15-24-29(26,27)22(4,5)6/h10-13,17-19,23-24H,7-9,14-16H2,1-6H3/t17-,18?,19+/m0/s1. The fourth-order valence-electron chi connectivity index (χ4n) is 3.41. The normalized spacial score (nSPS) is 23.2. The van der Waals surface area contributed by atoms with E-state index in [4.69, 9.17) is 4.74 Å². The molecule has 0 saturated carbocycles. The van der Waals surface area contributed by atoms with E-state index in [1.807, 2.05) is 0 Å². The van der Waals surface area contributed by atoms with E-state index in [0.29, 0.717) is 12.6 Å². The van der Waals surface area contributed by atoms with E-state index in [1.165, 1.54) is 5.69 Å². The number of hydrogen-bond donors (Lipinski definition) is 2. The zero-order valence-electron chi connectivity index (χ0n) is 18.9. The van der Waals surface area contributed by atoms with Crippen LogP contribution in [0.2, 0.25) is 0 Å². The molecule has 0 spiro atoms. The SMILES string of the molecule is CC1[C@@H](C)O[C@@H](C)CN1c1ccc(NCCCCCNS(=O)(=O)C(C)(C)C)cc1. The van der Waals surface area contributed by atoms with E-state index < -0.39 is 14.8 Å². The summed E-state index contributed by atoms with van der Waals surface area (Å²) in [5, 5.41) is 3.45. The van der Waals surface area contributed by atoms with Crippen LogP contribution in [0, 0.1) is 0 Å². The van der Waals surface area contributed by atoms with E-state index >= 15 is 0 Å². The van der Waals surface area contributed by atoms with E-state index in [0.717, 1.165) is 38.0 Å². The third-order valence-electron chi connectivity index (χ3n) is 5.55. The van der Waals surface area contributed by atoms with Gasteiger partial charge in [0.1, 0.15) is 0 Å². The Morgan fingerprint density at radius 3 is 2.28 bits per heavy atom. The van der Waals surface area contributed by atoms with Crippen molar-refractivity contribution < 1.29 is 13.2 Å². The molecular weight excluding hydrogens is 386 g/mol. The van der Waals surface area contributed by atoms with E-state index in [2.05, 4.69) is 60.0 Å². The van der Waals surface area contributed by atoms with Crippen molar-refractivity contribution in [1.82, 2.24) is 4.72 Å². The van der Waals surface area contributed by atoms with Gasteiger partial charge in [-0.05, 0) is 78.6 Å². The molecule has 2 N–H and O–H groups in total. The van der Waals surface area contributed by atoms with Crippen molar-refractivity contribution in [2.45, 2.75) is 83.8 Å². The Morgan fingerprint density at radius 2 is 1.66 bits per heavy atom. The lowest BCUT2D eigenvalue weighted by Crippen LogP contribution is -2.51. The number of unbranched alkanes of at least 4 members (excludes halogenated alkanes) is 2. The van der Waals surface area contributed by atoms with Crippen molar-refractivity contribution in [1.29, 1.82) is 0 Å². The Kier molecular flexibility index (Phi) is 8.37. The van der Waals surface area contributed by atoms with E-state index in [-0.39, 0.29) is 12.2 Å². The Balaban J connectivity index is 1.69. The van der Waals surface area contributed by atoms with Crippen LogP contribution < -0.4 is 14.9 Å². The molecule has 0 aliphatic carbocycles. The van der Waals surface area contributed by atoms with Gasteiger partial charge in [0.15, 0.2) is 0 Å². The summed E-state index contributed by atoms with van der Waals surface area (Å²) in [5.74, 6) is 0. The van der Waals surface area contributed by atoms with Crippen LogP contribution in [-0.4, -0.2) is 51.0 Å². The highest BCUT2D eigenvalue weighted by Gasteiger charge is 2.29. The number of anilines is 2. The molecule has 1 aliphatic heterocycles. The Labute approximate surface area is 177 Å². The largest absolute Gasteiger partial charge is 0.385 e.